The first-order valence-electron chi connectivity index (χ1n) is 8.12. The number of nitrogens with zero attached hydrogens (tertiary/aromatic N) is 1. The van der Waals surface area contributed by atoms with Crippen LogP contribution in [-0.2, 0) is 11.3 Å². The van der Waals surface area contributed by atoms with E-state index in [9.17, 15) is 18.0 Å². The number of benzene rings is 1. The number of hydrogen-bond acceptors (Lipinski definition) is 3. The number of rotatable bonds is 5. The first-order chi connectivity index (χ1) is 11.3. The second-order valence-corrected chi connectivity index (χ2v) is 6.10. The van der Waals surface area contributed by atoms with Gasteiger partial charge < -0.3 is 15.0 Å². The number of amides is 1. The Labute approximate surface area is 140 Å². The summed E-state index contributed by atoms with van der Waals surface area (Å²) in [5.41, 5.74) is 0.737. The van der Waals surface area contributed by atoms with Crippen LogP contribution < -0.4 is 10.1 Å². The van der Waals surface area contributed by atoms with Gasteiger partial charge in [-0.1, -0.05) is 25.5 Å². The van der Waals surface area contributed by atoms with Crippen molar-refractivity contribution in [3.8, 4) is 5.75 Å². The molecule has 1 aromatic carbocycles. The van der Waals surface area contributed by atoms with Crippen LogP contribution in [0.3, 0.4) is 0 Å². The number of likely N-dealkylation sites (tertiary alicyclic amines) is 1. The molecule has 1 saturated heterocycles. The van der Waals surface area contributed by atoms with E-state index in [-0.39, 0.29) is 17.7 Å². The fourth-order valence-electron chi connectivity index (χ4n) is 3.10. The molecule has 1 amide bonds. The van der Waals surface area contributed by atoms with Crippen LogP contribution in [0.25, 0.3) is 0 Å². The van der Waals surface area contributed by atoms with Crippen molar-refractivity contribution in [2.75, 3.05) is 13.1 Å². The van der Waals surface area contributed by atoms with E-state index in [1.54, 1.807) is 19.1 Å². The highest BCUT2D eigenvalue weighted by molar-refractivity contribution is 5.73. The summed E-state index contributed by atoms with van der Waals surface area (Å²) in [6.07, 6.45) is -2.89. The second-order valence-electron chi connectivity index (χ2n) is 6.10. The SMILES string of the molecule is CC[C@@H]1CN(C(C)=O)CC[C@@H]1NCc1cccc(OC(F)(F)F)c1. The predicted molar refractivity (Wildman–Crippen MR) is 84.4 cm³/mol. The second kappa shape index (κ2) is 7.88. The number of ether oxygens (including phenoxy) is 1. The van der Waals surface area contributed by atoms with Crippen molar-refractivity contribution in [2.24, 2.45) is 5.92 Å². The van der Waals surface area contributed by atoms with Gasteiger partial charge >= 0.3 is 6.36 Å². The van der Waals surface area contributed by atoms with Crippen LogP contribution >= 0.6 is 0 Å². The van der Waals surface area contributed by atoms with Gasteiger partial charge in [0.15, 0.2) is 0 Å². The topological polar surface area (TPSA) is 41.6 Å². The lowest BCUT2D eigenvalue weighted by atomic mass is 9.89. The summed E-state index contributed by atoms with van der Waals surface area (Å²) in [5, 5.41) is 3.41. The van der Waals surface area contributed by atoms with Crippen LogP contribution in [0.15, 0.2) is 24.3 Å². The monoisotopic (exact) mass is 344 g/mol. The molecule has 1 aliphatic rings. The summed E-state index contributed by atoms with van der Waals surface area (Å²) in [6.45, 7) is 5.56. The van der Waals surface area contributed by atoms with E-state index in [4.69, 9.17) is 0 Å². The average Bonchev–Trinajstić information content (AvgIpc) is 2.51. The fraction of sp³-hybridized carbons (Fsp3) is 0.588. The molecular weight excluding hydrogens is 321 g/mol. The molecule has 0 unspecified atom stereocenters. The lowest BCUT2D eigenvalue weighted by molar-refractivity contribution is -0.274. The minimum absolute atomic E-state index is 0.0869. The maximum Gasteiger partial charge on any atom is 0.573 e. The van der Waals surface area contributed by atoms with Gasteiger partial charge in [0.25, 0.3) is 0 Å². The largest absolute Gasteiger partial charge is 0.573 e. The van der Waals surface area contributed by atoms with Gasteiger partial charge in [0, 0.05) is 32.6 Å². The molecule has 0 radical (unpaired) electrons. The van der Waals surface area contributed by atoms with Crippen molar-refractivity contribution in [3.05, 3.63) is 29.8 Å². The number of halogens is 3. The van der Waals surface area contributed by atoms with E-state index in [2.05, 4.69) is 17.0 Å². The molecule has 0 spiro atoms. The molecule has 24 heavy (non-hydrogen) atoms. The van der Waals surface area contributed by atoms with E-state index in [0.29, 0.717) is 19.0 Å². The van der Waals surface area contributed by atoms with Crippen molar-refractivity contribution >= 4 is 5.91 Å². The molecule has 4 nitrogen and oxygen atoms in total. The van der Waals surface area contributed by atoms with Crippen LogP contribution in [0.4, 0.5) is 13.2 Å². The molecule has 0 saturated carbocycles. The zero-order valence-electron chi connectivity index (χ0n) is 13.9. The Balaban J connectivity index is 1.93. The zero-order valence-corrected chi connectivity index (χ0v) is 13.9. The summed E-state index contributed by atoms with van der Waals surface area (Å²) in [4.78, 5) is 13.3. The van der Waals surface area contributed by atoms with E-state index >= 15 is 0 Å². The lowest BCUT2D eigenvalue weighted by Gasteiger charge is -2.38. The number of nitrogens with one attached hydrogen (secondary N) is 1. The van der Waals surface area contributed by atoms with E-state index in [0.717, 1.165) is 24.9 Å². The van der Waals surface area contributed by atoms with Crippen molar-refractivity contribution in [2.45, 2.75) is 45.6 Å². The minimum Gasteiger partial charge on any atom is -0.406 e. The minimum atomic E-state index is -4.68. The molecule has 2 rings (SSSR count). The Kier molecular flexibility index (Phi) is 6.10. The molecule has 0 aromatic heterocycles. The number of carbonyl (C=O) groups is 1. The molecule has 1 N–H and O–H groups in total. The van der Waals surface area contributed by atoms with Crippen LogP contribution in [0.5, 0.6) is 5.75 Å². The number of alkyl halides is 3. The maximum atomic E-state index is 12.3. The smallest absolute Gasteiger partial charge is 0.406 e. The summed E-state index contributed by atoms with van der Waals surface area (Å²) >= 11 is 0. The summed E-state index contributed by atoms with van der Waals surface area (Å²) in [7, 11) is 0. The molecule has 7 heteroatoms. The third-order valence-corrected chi connectivity index (χ3v) is 4.40. The highest BCUT2D eigenvalue weighted by Crippen LogP contribution is 2.24. The quantitative estimate of drug-likeness (QED) is 0.891. The van der Waals surface area contributed by atoms with Crippen molar-refractivity contribution in [3.63, 3.8) is 0 Å². The first kappa shape index (κ1) is 18.6. The van der Waals surface area contributed by atoms with Crippen molar-refractivity contribution in [1.82, 2.24) is 10.2 Å². The Hall–Kier alpha value is -1.76. The summed E-state index contributed by atoms with van der Waals surface area (Å²) < 4.78 is 40.8. The Morgan fingerprint density at radius 3 is 2.79 bits per heavy atom. The molecule has 0 bridgehead atoms. The van der Waals surface area contributed by atoms with Crippen LogP contribution in [0, 0.1) is 5.92 Å². The van der Waals surface area contributed by atoms with E-state index in [1.807, 2.05) is 4.90 Å². The molecule has 1 fully saturated rings. The highest BCUT2D eigenvalue weighted by Gasteiger charge is 2.31. The van der Waals surface area contributed by atoms with Crippen molar-refractivity contribution < 1.29 is 22.7 Å². The van der Waals surface area contributed by atoms with E-state index < -0.39 is 6.36 Å². The van der Waals surface area contributed by atoms with Gasteiger partial charge in [0.2, 0.25) is 5.91 Å². The lowest BCUT2D eigenvalue weighted by Crippen LogP contribution is -2.50. The van der Waals surface area contributed by atoms with Gasteiger partial charge in [0.05, 0.1) is 0 Å². The average molecular weight is 344 g/mol. The number of piperidine rings is 1. The Morgan fingerprint density at radius 1 is 1.42 bits per heavy atom. The van der Waals surface area contributed by atoms with Gasteiger partial charge in [-0.2, -0.15) is 0 Å². The third kappa shape index (κ3) is 5.40. The Bertz CT molecular complexity index is 563. The van der Waals surface area contributed by atoms with Gasteiger partial charge in [-0.05, 0) is 30.0 Å². The summed E-state index contributed by atoms with van der Waals surface area (Å²) in [5.74, 6) is 0.224. The zero-order chi connectivity index (χ0) is 17.7. The van der Waals surface area contributed by atoms with Gasteiger partial charge in [-0.3, -0.25) is 4.79 Å². The van der Waals surface area contributed by atoms with Crippen molar-refractivity contribution in [1.29, 1.82) is 0 Å². The predicted octanol–water partition coefficient (Wildman–Crippen LogP) is 3.32. The summed E-state index contributed by atoms with van der Waals surface area (Å²) in [6, 6.07) is 6.25. The maximum absolute atomic E-state index is 12.3. The molecule has 0 aliphatic carbocycles. The molecule has 1 aliphatic heterocycles. The molecule has 2 atom stereocenters. The molecular formula is C17H23F3N2O2. The fourth-order valence-corrected chi connectivity index (χ4v) is 3.10. The molecule has 134 valence electrons. The first-order valence-corrected chi connectivity index (χ1v) is 8.12. The number of carbonyl (C=O) groups excluding carboxylic acids is 1. The highest BCUT2D eigenvalue weighted by atomic mass is 19.4. The number of hydrogen-bond donors (Lipinski definition) is 1. The van der Waals surface area contributed by atoms with Crippen LogP contribution in [0.1, 0.15) is 32.3 Å². The Morgan fingerprint density at radius 2 is 2.17 bits per heavy atom. The standard InChI is InChI=1S/C17H23F3N2O2/c1-3-14-11-22(12(2)23)8-7-16(14)21-10-13-5-4-6-15(9-13)24-17(18,19)20/h4-6,9,14,16,21H,3,7-8,10-11H2,1-2H3/t14-,16+/m1/s1. The van der Waals surface area contributed by atoms with Gasteiger partial charge in [-0.25, -0.2) is 0 Å². The van der Waals surface area contributed by atoms with E-state index in [1.165, 1.54) is 12.1 Å². The van der Waals surface area contributed by atoms with Gasteiger partial charge in [0.1, 0.15) is 5.75 Å². The molecule has 1 aromatic rings. The normalized spacial score (nSPS) is 21.6. The third-order valence-electron chi connectivity index (χ3n) is 4.40. The van der Waals surface area contributed by atoms with Gasteiger partial charge in [-0.15, -0.1) is 13.2 Å². The molecule has 1 heterocycles. The van der Waals surface area contributed by atoms with Crippen LogP contribution in [0.2, 0.25) is 0 Å². The van der Waals surface area contributed by atoms with Crippen LogP contribution in [-0.4, -0.2) is 36.3 Å².